The van der Waals surface area contributed by atoms with E-state index < -0.39 is 0 Å². The van der Waals surface area contributed by atoms with Crippen molar-refractivity contribution < 1.29 is 0 Å². The van der Waals surface area contributed by atoms with Crippen LogP contribution in [0, 0.1) is 0 Å². The number of fused-ring (bicyclic) bond motifs is 20. The smallest absolute Gasteiger partial charge is 0.235 e. The van der Waals surface area contributed by atoms with Gasteiger partial charge in [0.25, 0.3) is 0 Å². The Morgan fingerprint density at radius 2 is 0.811 bits per heavy atom. The number of halogens is 1. The highest BCUT2D eigenvalue weighted by Crippen LogP contribution is 2.58. The van der Waals surface area contributed by atoms with Crippen LogP contribution in [0.1, 0.15) is 49.9 Å². The Morgan fingerprint density at radius 1 is 0.358 bits per heavy atom. The number of benzene rings is 12. The lowest BCUT2D eigenvalue weighted by molar-refractivity contribution is 0.667. The van der Waals surface area contributed by atoms with Crippen molar-refractivity contribution in [3.8, 4) is 71.6 Å². The highest BCUT2D eigenvalue weighted by molar-refractivity contribution is 7.24. The predicted octanol–water partition coefficient (Wildman–Crippen LogP) is 24.0. The summed E-state index contributed by atoms with van der Waals surface area (Å²) in [7, 11) is 0. The molecule has 12 aromatic carbocycles. The van der Waals surface area contributed by atoms with E-state index in [2.05, 4.69) is 272 Å². The number of hydrogen-bond donors (Lipinski definition) is 1. The number of H-pyrrole nitrogens is 1. The van der Waals surface area contributed by atoms with E-state index in [0.29, 0.717) is 5.95 Å². The van der Waals surface area contributed by atoms with Crippen molar-refractivity contribution in [3.63, 3.8) is 0 Å². The van der Waals surface area contributed by atoms with E-state index in [1.165, 1.54) is 113 Å². The van der Waals surface area contributed by atoms with Gasteiger partial charge in [-0.2, -0.15) is 0 Å². The summed E-state index contributed by atoms with van der Waals surface area (Å²) >= 11 is 9.97. The lowest BCUT2D eigenvalue weighted by Crippen LogP contribution is -2.14. The van der Waals surface area contributed by atoms with Crippen LogP contribution in [0.15, 0.2) is 279 Å². The maximum Gasteiger partial charge on any atom is 0.235 e. The minimum atomic E-state index is -0.0783. The van der Waals surface area contributed by atoms with Gasteiger partial charge in [-0.3, -0.25) is 4.57 Å². The van der Waals surface area contributed by atoms with Crippen LogP contribution in [0.3, 0.4) is 0 Å². The molecule has 95 heavy (non-hydrogen) atoms. The van der Waals surface area contributed by atoms with Crippen molar-refractivity contribution >= 4 is 120 Å². The summed E-state index contributed by atoms with van der Waals surface area (Å²) in [5.41, 5.74) is 23.6. The minimum Gasteiger partial charge on any atom is -0.353 e. The Bertz CT molecular complexity index is 6100. The van der Waals surface area contributed by atoms with Crippen molar-refractivity contribution in [2.24, 2.45) is 0 Å². The van der Waals surface area contributed by atoms with Crippen LogP contribution < -0.4 is 0 Å². The lowest BCUT2D eigenvalue weighted by atomic mass is 9.81. The lowest BCUT2D eigenvalue weighted by Gasteiger charge is -2.21. The van der Waals surface area contributed by atoms with Gasteiger partial charge in [0.05, 0.1) is 48.4 Å². The number of hydrogen-bond acceptors (Lipinski definition) is 6. The molecule has 0 spiro atoms. The van der Waals surface area contributed by atoms with Crippen molar-refractivity contribution in [3.05, 3.63) is 307 Å². The maximum atomic E-state index is 6.11. The van der Waals surface area contributed by atoms with Gasteiger partial charge in [0, 0.05) is 69.5 Å². The SMILES string of the molecule is CC1(C)c2ccccc2-c2sc3c(ccc4c5ccccc5[nH]c43)c21.CC1(C)c2ccccc2-c2sc3c(ccc4c5ccccc5n(-c5nc(-c6ccccc6)c6cc(-c7ccccc7)ccc6n5)c43)c21.Clc1nc(-c2ccccc2)c2cc(-c3ccccc3)ccc2n1. The summed E-state index contributed by atoms with van der Waals surface area (Å²) < 4.78 is 4.99. The zero-order valence-electron chi connectivity index (χ0n) is 52.5. The van der Waals surface area contributed by atoms with E-state index in [-0.39, 0.29) is 16.1 Å². The molecule has 6 heterocycles. The molecule has 0 aliphatic heterocycles. The summed E-state index contributed by atoms with van der Waals surface area (Å²) in [6.07, 6.45) is 0. The molecule has 2 aliphatic carbocycles. The Labute approximate surface area is 562 Å². The Morgan fingerprint density at radius 3 is 1.40 bits per heavy atom. The number of aromatic nitrogens is 6. The van der Waals surface area contributed by atoms with Crippen molar-refractivity contribution in [1.29, 1.82) is 0 Å². The first-order chi connectivity index (χ1) is 46.5. The van der Waals surface area contributed by atoms with Crippen molar-refractivity contribution in [1.82, 2.24) is 29.5 Å². The molecule has 0 saturated heterocycles. The fourth-order valence-corrected chi connectivity index (χ4v) is 18.4. The van der Waals surface area contributed by atoms with Gasteiger partial charge in [0.1, 0.15) is 0 Å². The molecule has 20 rings (SSSR count). The Hall–Kier alpha value is -10.9. The van der Waals surface area contributed by atoms with E-state index in [1.807, 2.05) is 77.3 Å². The Balaban J connectivity index is 0.000000115. The molecule has 452 valence electrons. The zero-order valence-corrected chi connectivity index (χ0v) is 54.9. The second-order valence-corrected chi connectivity index (χ2v) is 28.2. The van der Waals surface area contributed by atoms with Crippen LogP contribution in [0.5, 0.6) is 0 Å². The van der Waals surface area contributed by atoms with Crippen LogP contribution in [0.4, 0.5) is 0 Å². The van der Waals surface area contributed by atoms with E-state index in [0.717, 1.165) is 61.0 Å². The fourth-order valence-electron chi connectivity index (χ4n) is 15.2. The molecule has 0 fully saturated rings. The second kappa shape index (κ2) is 22.1. The number of nitrogens with zero attached hydrogens (tertiary/aromatic N) is 5. The Kier molecular flexibility index (Phi) is 13.3. The van der Waals surface area contributed by atoms with Gasteiger partial charge in [0.15, 0.2) is 0 Å². The van der Waals surface area contributed by atoms with Gasteiger partial charge in [0.2, 0.25) is 11.2 Å². The van der Waals surface area contributed by atoms with Gasteiger partial charge in [-0.05, 0) is 114 Å². The van der Waals surface area contributed by atoms with Crippen molar-refractivity contribution in [2.45, 2.75) is 38.5 Å². The van der Waals surface area contributed by atoms with Gasteiger partial charge in [-0.15, -0.1) is 22.7 Å². The fraction of sp³-hybridized carbons (Fsp3) is 0.0698. The molecule has 0 radical (unpaired) electrons. The molecular weight excluding hydrogens is 1220 g/mol. The number of nitrogens with one attached hydrogen (secondary N) is 1. The topological polar surface area (TPSA) is 72.3 Å². The third-order valence-electron chi connectivity index (χ3n) is 19.6. The third-order valence-corrected chi connectivity index (χ3v) is 22.3. The van der Waals surface area contributed by atoms with E-state index >= 15 is 0 Å². The third kappa shape index (κ3) is 9.11. The second-order valence-electron chi connectivity index (χ2n) is 25.8. The van der Waals surface area contributed by atoms with Crippen LogP contribution in [-0.2, 0) is 10.8 Å². The number of aromatic amines is 1. The average Bonchev–Trinajstić information content (AvgIpc) is 1.55. The molecule has 0 bridgehead atoms. The number of thiophene rings is 2. The normalized spacial score (nSPS) is 13.3. The van der Waals surface area contributed by atoms with Crippen LogP contribution in [0.2, 0.25) is 5.28 Å². The molecule has 9 heteroatoms. The first kappa shape index (κ1) is 56.8. The summed E-state index contributed by atoms with van der Waals surface area (Å²) in [4.78, 5) is 26.1. The van der Waals surface area contributed by atoms with Gasteiger partial charge >= 0.3 is 0 Å². The van der Waals surface area contributed by atoms with E-state index in [4.69, 9.17) is 21.6 Å². The van der Waals surface area contributed by atoms with Crippen LogP contribution in [0.25, 0.3) is 157 Å². The van der Waals surface area contributed by atoms with E-state index in [9.17, 15) is 0 Å². The van der Waals surface area contributed by atoms with Gasteiger partial charge in [-0.25, -0.2) is 19.9 Å². The summed E-state index contributed by atoms with van der Waals surface area (Å²) in [5.74, 6) is 0.690. The first-order valence-corrected chi connectivity index (χ1v) is 34.2. The monoisotopic (exact) mass is 1270 g/mol. The maximum absolute atomic E-state index is 6.11. The van der Waals surface area contributed by atoms with Crippen LogP contribution >= 0.6 is 34.3 Å². The van der Waals surface area contributed by atoms with Gasteiger partial charge < -0.3 is 4.98 Å². The molecule has 0 saturated carbocycles. The molecule has 6 aromatic heterocycles. The van der Waals surface area contributed by atoms with Crippen LogP contribution in [-0.4, -0.2) is 29.5 Å². The highest BCUT2D eigenvalue weighted by Gasteiger charge is 2.40. The summed E-state index contributed by atoms with van der Waals surface area (Å²) in [5, 5.41) is 10.1. The van der Waals surface area contributed by atoms with Gasteiger partial charge in [-0.1, -0.05) is 270 Å². The highest BCUT2D eigenvalue weighted by atomic mass is 35.5. The minimum absolute atomic E-state index is 0.0594. The molecule has 0 amide bonds. The van der Waals surface area contributed by atoms with E-state index in [1.54, 1.807) is 0 Å². The molecule has 0 atom stereocenters. The predicted molar refractivity (Wildman–Crippen MR) is 402 cm³/mol. The molecule has 0 unspecified atom stereocenters. The zero-order chi connectivity index (χ0) is 63.7. The largest absolute Gasteiger partial charge is 0.353 e. The molecule has 18 aromatic rings. The average molecular weight is 1280 g/mol. The molecular formula is C86H59ClN6S2. The first-order valence-electron chi connectivity index (χ1n) is 32.2. The number of rotatable bonds is 5. The number of para-hydroxylation sites is 2. The van der Waals surface area contributed by atoms with Crippen molar-refractivity contribution in [2.75, 3.05) is 0 Å². The quantitative estimate of drug-likeness (QED) is 0.174. The summed E-state index contributed by atoms with van der Waals surface area (Å²) in [6.45, 7) is 9.45. The molecule has 6 nitrogen and oxygen atoms in total. The standard InChI is InChI=1S/C43H29N3S.C23H17NS.C20H13ClN2/c1-43(2)34-19-11-9-18-31(34)40-37(43)32-23-22-30-29-17-10-12-20-36(29)46(39(30)41(32)47-40)42-44-35-24-21-28(26-13-5-3-6-14-26)25-33(35)38(45-42)27-15-7-4-8-16-27;1-23(2)17-9-5-3-8-15(17)21-19(23)16-12-11-14-13-7-4-6-10-18(13)24-20(14)22(16)25-21;21-20-22-18-12-11-16(14-7-3-1-4-8-14)13-17(18)19(23-20)15-9-5-2-6-10-15/h3-25H,1-2H3;3-12,24H,1-2H3;1-13H. The summed E-state index contributed by atoms with van der Waals surface area (Å²) in [6, 6.07) is 98.5. The molecule has 1 N–H and O–H groups in total. The molecule has 2 aliphatic rings.